The predicted molar refractivity (Wildman–Crippen MR) is 76.5 cm³/mol. The SMILES string of the molecule is CC(CC(O)c1cscc1Br)c1ccccc1. The van der Waals surface area contributed by atoms with Crippen LogP contribution in [0.15, 0.2) is 45.6 Å². The maximum Gasteiger partial charge on any atom is 0.0814 e. The molecule has 0 aliphatic carbocycles. The summed E-state index contributed by atoms with van der Waals surface area (Å²) < 4.78 is 1.01. The molecule has 17 heavy (non-hydrogen) atoms. The van der Waals surface area contributed by atoms with Crippen LogP contribution in [0.4, 0.5) is 0 Å². The molecule has 2 aromatic rings. The van der Waals surface area contributed by atoms with Crippen LogP contribution in [0.1, 0.15) is 36.5 Å². The number of aliphatic hydroxyl groups is 1. The van der Waals surface area contributed by atoms with E-state index in [9.17, 15) is 5.11 Å². The van der Waals surface area contributed by atoms with Gasteiger partial charge in [-0.2, -0.15) is 11.3 Å². The Bertz CT molecular complexity index is 466. The molecule has 2 rings (SSSR count). The molecule has 1 nitrogen and oxygen atoms in total. The Balaban J connectivity index is 2.05. The molecular weight excluding hydrogens is 296 g/mol. The van der Waals surface area contributed by atoms with Gasteiger partial charge in [0.1, 0.15) is 0 Å². The Kier molecular flexibility index (Phi) is 4.37. The van der Waals surface area contributed by atoms with Crippen LogP contribution in [-0.2, 0) is 0 Å². The summed E-state index contributed by atoms with van der Waals surface area (Å²) in [5, 5.41) is 14.2. The van der Waals surface area contributed by atoms with Crippen LogP contribution in [0.5, 0.6) is 0 Å². The van der Waals surface area contributed by atoms with Crippen LogP contribution in [-0.4, -0.2) is 5.11 Å². The topological polar surface area (TPSA) is 20.2 Å². The maximum absolute atomic E-state index is 10.2. The smallest absolute Gasteiger partial charge is 0.0814 e. The van der Waals surface area contributed by atoms with E-state index in [0.29, 0.717) is 5.92 Å². The lowest BCUT2D eigenvalue weighted by molar-refractivity contribution is 0.159. The second-order valence-corrected chi connectivity index (χ2v) is 5.84. The molecule has 0 fully saturated rings. The van der Waals surface area contributed by atoms with E-state index >= 15 is 0 Å². The lowest BCUT2D eigenvalue weighted by Gasteiger charge is -2.16. The molecule has 1 heterocycles. The number of halogens is 1. The van der Waals surface area contributed by atoms with Crippen LogP contribution in [0.3, 0.4) is 0 Å². The van der Waals surface area contributed by atoms with E-state index < -0.39 is 6.10 Å². The lowest BCUT2D eigenvalue weighted by Crippen LogP contribution is -2.03. The second-order valence-electron chi connectivity index (χ2n) is 4.24. The third kappa shape index (κ3) is 3.18. The molecule has 0 amide bonds. The van der Waals surface area contributed by atoms with Gasteiger partial charge in [-0.1, -0.05) is 37.3 Å². The summed E-state index contributed by atoms with van der Waals surface area (Å²) in [5.74, 6) is 0.359. The Hall–Kier alpha value is -0.640. The minimum absolute atomic E-state index is 0.359. The number of benzene rings is 1. The molecular formula is C14H15BrOS. The van der Waals surface area contributed by atoms with E-state index in [1.54, 1.807) is 11.3 Å². The molecule has 0 saturated heterocycles. The van der Waals surface area contributed by atoms with E-state index in [-0.39, 0.29) is 0 Å². The van der Waals surface area contributed by atoms with E-state index in [1.807, 2.05) is 29.0 Å². The highest BCUT2D eigenvalue weighted by molar-refractivity contribution is 9.10. The summed E-state index contributed by atoms with van der Waals surface area (Å²) in [5.41, 5.74) is 2.27. The van der Waals surface area contributed by atoms with Crippen molar-refractivity contribution in [1.29, 1.82) is 0 Å². The van der Waals surface area contributed by atoms with Gasteiger partial charge in [-0.05, 0) is 39.2 Å². The first kappa shape index (κ1) is 12.8. The van der Waals surface area contributed by atoms with Crippen molar-refractivity contribution in [2.24, 2.45) is 0 Å². The van der Waals surface area contributed by atoms with Crippen LogP contribution in [0, 0.1) is 0 Å². The summed E-state index contributed by atoms with van der Waals surface area (Å²) in [7, 11) is 0. The zero-order valence-electron chi connectivity index (χ0n) is 9.64. The maximum atomic E-state index is 10.2. The summed E-state index contributed by atoms with van der Waals surface area (Å²) >= 11 is 5.07. The fourth-order valence-electron chi connectivity index (χ4n) is 1.91. The molecule has 90 valence electrons. The molecule has 0 saturated carbocycles. The van der Waals surface area contributed by atoms with Crippen molar-refractivity contribution in [3.63, 3.8) is 0 Å². The fraction of sp³-hybridized carbons (Fsp3) is 0.286. The molecule has 1 aromatic heterocycles. The van der Waals surface area contributed by atoms with Gasteiger partial charge in [-0.15, -0.1) is 0 Å². The average molecular weight is 311 g/mol. The molecule has 0 radical (unpaired) electrons. The molecule has 3 heteroatoms. The van der Waals surface area contributed by atoms with Gasteiger partial charge < -0.3 is 5.11 Å². The monoisotopic (exact) mass is 310 g/mol. The van der Waals surface area contributed by atoms with Gasteiger partial charge in [0.15, 0.2) is 0 Å². The predicted octanol–water partition coefficient (Wildman–Crippen LogP) is 4.74. The van der Waals surface area contributed by atoms with Crippen molar-refractivity contribution >= 4 is 27.3 Å². The van der Waals surface area contributed by atoms with Gasteiger partial charge in [-0.25, -0.2) is 0 Å². The van der Waals surface area contributed by atoms with Gasteiger partial charge in [0.2, 0.25) is 0 Å². The van der Waals surface area contributed by atoms with Crippen molar-refractivity contribution in [2.75, 3.05) is 0 Å². The zero-order chi connectivity index (χ0) is 12.3. The largest absolute Gasteiger partial charge is 0.388 e. The standard InChI is InChI=1S/C14H15BrOS/c1-10(11-5-3-2-4-6-11)7-14(16)12-8-17-9-13(12)15/h2-6,8-10,14,16H,7H2,1H3. The quantitative estimate of drug-likeness (QED) is 0.865. The van der Waals surface area contributed by atoms with Crippen molar-refractivity contribution in [1.82, 2.24) is 0 Å². The number of thiophene rings is 1. The van der Waals surface area contributed by atoms with Crippen LogP contribution >= 0.6 is 27.3 Å². The van der Waals surface area contributed by atoms with Gasteiger partial charge in [0.05, 0.1) is 6.10 Å². The van der Waals surface area contributed by atoms with E-state index in [0.717, 1.165) is 16.5 Å². The highest BCUT2D eigenvalue weighted by Gasteiger charge is 2.16. The Morgan fingerprint density at radius 1 is 1.24 bits per heavy atom. The van der Waals surface area contributed by atoms with E-state index in [1.165, 1.54) is 5.56 Å². The Morgan fingerprint density at radius 2 is 1.94 bits per heavy atom. The molecule has 0 aliphatic heterocycles. The Labute approximate surface area is 114 Å². The van der Waals surface area contributed by atoms with Gasteiger partial charge in [0, 0.05) is 15.4 Å². The minimum Gasteiger partial charge on any atom is -0.388 e. The van der Waals surface area contributed by atoms with Crippen molar-refractivity contribution in [3.8, 4) is 0 Å². The second kappa shape index (κ2) is 5.80. The van der Waals surface area contributed by atoms with Crippen LogP contribution in [0.2, 0.25) is 0 Å². The summed E-state index contributed by atoms with van der Waals surface area (Å²) in [6.45, 7) is 2.15. The number of aliphatic hydroxyl groups excluding tert-OH is 1. The molecule has 0 spiro atoms. The normalized spacial score (nSPS) is 14.5. The number of hydrogen-bond donors (Lipinski definition) is 1. The molecule has 2 atom stereocenters. The van der Waals surface area contributed by atoms with Crippen molar-refractivity contribution in [2.45, 2.75) is 25.4 Å². The van der Waals surface area contributed by atoms with Crippen LogP contribution < -0.4 is 0 Å². The lowest BCUT2D eigenvalue weighted by atomic mass is 9.93. The van der Waals surface area contributed by atoms with Crippen molar-refractivity contribution in [3.05, 3.63) is 56.7 Å². The van der Waals surface area contributed by atoms with Gasteiger partial charge >= 0.3 is 0 Å². The van der Waals surface area contributed by atoms with Crippen molar-refractivity contribution < 1.29 is 5.11 Å². The third-order valence-corrected chi connectivity index (χ3v) is 4.70. The molecule has 1 N–H and O–H groups in total. The molecule has 2 unspecified atom stereocenters. The minimum atomic E-state index is -0.397. The Morgan fingerprint density at radius 3 is 2.53 bits per heavy atom. The number of rotatable bonds is 4. The van der Waals surface area contributed by atoms with Crippen LogP contribution in [0.25, 0.3) is 0 Å². The van der Waals surface area contributed by atoms with Gasteiger partial charge in [0.25, 0.3) is 0 Å². The number of hydrogen-bond acceptors (Lipinski definition) is 2. The fourth-order valence-corrected chi connectivity index (χ4v) is 3.52. The first-order valence-electron chi connectivity index (χ1n) is 5.63. The van der Waals surface area contributed by atoms with E-state index in [2.05, 4.69) is 35.0 Å². The summed E-state index contributed by atoms with van der Waals surface area (Å²) in [4.78, 5) is 0. The summed E-state index contributed by atoms with van der Waals surface area (Å²) in [6, 6.07) is 10.3. The average Bonchev–Trinajstić information content (AvgIpc) is 2.76. The van der Waals surface area contributed by atoms with Gasteiger partial charge in [-0.3, -0.25) is 0 Å². The first-order valence-corrected chi connectivity index (χ1v) is 7.36. The van der Waals surface area contributed by atoms with E-state index in [4.69, 9.17) is 0 Å². The summed E-state index contributed by atoms with van der Waals surface area (Å²) in [6.07, 6.45) is 0.352. The highest BCUT2D eigenvalue weighted by Crippen LogP contribution is 2.33. The molecule has 0 aliphatic rings. The zero-order valence-corrected chi connectivity index (χ0v) is 12.0. The molecule has 0 bridgehead atoms. The third-order valence-electron chi connectivity index (χ3n) is 2.95. The molecule has 1 aromatic carbocycles. The first-order chi connectivity index (χ1) is 8.18. The highest BCUT2D eigenvalue weighted by atomic mass is 79.9.